The summed E-state index contributed by atoms with van der Waals surface area (Å²) in [7, 11) is 6.32. The Kier molecular flexibility index (Phi) is 9.46. The van der Waals surface area contributed by atoms with Crippen LogP contribution >= 0.6 is 0 Å². The first-order valence-electron chi connectivity index (χ1n) is 10.4. The van der Waals surface area contributed by atoms with Crippen molar-refractivity contribution >= 4 is 5.91 Å². The fraction of sp³-hybridized carbons (Fsp3) is 0.458. The molecule has 0 aliphatic carbocycles. The van der Waals surface area contributed by atoms with E-state index in [0.717, 1.165) is 30.0 Å². The maximum atomic E-state index is 12.8. The molecule has 0 fully saturated rings. The standard InChI is InChI=1S/C24H34N2O5/c1-7-26(8-2)20(17-10-9-11-19(14-17)28-3)16-25-22(27)15-18-12-13-21(29-4)24(31-6)23(18)30-5/h9-14,20H,7-8,15-16H2,1-6H3,(H,25,27). The van der Waals surface area contributed by atoms with Gasteiger partial charge in [0, 0.05) is 12.1 Å². The highest BCUT2D eigenvalue weighted by Crippen LogP contribution is 2.39. The van der Waals surface area contributed by atoms with Crippen LogP contribution in [0, 0.1) is 0 Å². The molecule has 2 rings (SSSR count). The smallest absolute Gasteiger partial charge is 0.224 e. The van der Waals surface area contributed by atoms with E-state index in [2.05, 4.69) is 30.1 Å². The predicted octanol–water partition coefficient (Wildman–Crippen LogP) is 3.46. The maximum absolute atomic E-state index is 12.8. The summed E-state index contributed by atoms with van der Waals surface area (Å²) in [6.07, 6.45) is 0.173. The van der Waals surface area contributed by atoms with Gasteiger partial charge in [-0.05, 0) is 36.9 Å². The van der Waals surface area contributed by atoms with Crippen molar-refractivity contribution in [3.05, 3.63) is 47.5 Å². The molecule has 31 heavy (non-hydrogen) atoms. The van der Waals surface area contributed by atoms with Gasteiger partial charge in [-0.15, -0.1) is 0 Å². The molecule has 7 nitrogen and oxygen atoms in total. The van der Waals surface area contributed by atoms with Crippen LogP contribution < -0.4 is 24.3 Å². The zero-order valence-electron chi connectivity index (χ0n) is 19.4. The van der Waals surface area contributed by atoms with Gasteiger partial charge in [0.15, 0.2) is 11.5 Å². The Morgan fingerprint density at radius 1 is 0.935 bits per heavy atom. The van der Waals surface area contributed by atoms with Crippen molar-refractivity contribution in [3.63, 3.8) is 0 Å². The first-order valence-corrected chi connectivity index (χ1v) is 10.4. The minimum absolute atomic E-state index is 0.0429. The van der Waals surface area contributed by atoms with E-state index in [-0.39, 0.29) is 18.4 Å². The average molecular weight is 431 g/mol. The van der Waals surface area contributed by atoms with E-state index in [1.165, 1.54) is 0 Å². The molecule has 2 aromatic rings. The van der Waals surface area contributed by atoms with E-state index in [9.17, 15) is 4.79 Å². The summed E-state index contributed by atoms with van der Waals surface area (Å²) in [4.78, 5) is 15.1. The first kappa shape index (κ1) is 24.3. The Bertz CT molecular complexity index is 852. The number of carbonyl (C=O) groups is 1. The molecule has 1 unspecified atom stereocenters. The molecule has 0 aliphatic heterocycles. The number of methoxy groups -OCH3 is 4. The highest BCUT2D eigenvalue weighted by atomic mass is 16.5. The van der Waals surface area contributed by atoms with Gasteiger partial charge in [0.2, 0.25) is 11.7 Å². The van der Waals surface area contributed by atoms with Gasteiger partial charge in [-0.1, -0.05) is 32.0 Å². The summed E-state index contributed by atoms with van der Waals surface area (Å²) >= 11 is 0. The molecule has 170 valence electrons. The lowest BCUT2D eigenvalue weighted by molar-refractivity contribution is -0.120. The maximum Gasteiger partial charge on any atom is 0.224 e. The van der Waals surface area contributed by atoms with E-state index in [1.807, 2.05) is 24.3 Å². The Labute approximate surface area is 185 Å². The summed E-state index contributed by atoms with van der Waals surface area (Å²) < 4.78 is 21.6. The number of hydrogen-bond acceptors (Lipinski definition) is 6. The van der Waals surface area contributed by atoms with E-state index >= 15 is 0 Å². The van der Waals surface area contributed by atoms with E-state index in [0.29, 0.717) is 23.8 Å². The number of nitrogens with one attached hydrogen (secondary N) is 1. The quantitative estimate of drug-likeness (QED) is 0.556. The van der Waals surface area contributed by atoms with Crippen molar-refractivity contribution in [1.82, 2.24) is 10.2 Å². The van der Waals surface area contributed by atoms with Gasteiger partial charge in [0.1, 0.15) is 5.75 Å². The fourth-order valence-corrected chi connectivity index (χ4v) is 3.72. The van der Waals surface area contributed by atoms with Crippen molar-refractivity contribution in [2.75, 3.05) is 48.1 Å². The molecular weight excluding hydrogens is 396 g/mol. The van der Waals surface area contributed by atoms with Gasteiger partial charge in [-0.25, -0.2) is 0 Å². The number of likely N-dealkylation sites (N-methyl/N-ethyl adjacent to an activating group) is 1. The number of benzene rings is 2. The SMILES string of the molecule is CCN(CC)C(CNC(=O)Cc1ccc(OC)c(OC)c1OC)c1cccc(OC)c1. The highest BCUT2D eigenvalue weighted by molar-refractivity contribution is 5.80. The molecule has 0 spiro atoms. The Morgan fingerprint density at radius 2 is 1.65 bits per heavy atom. The lowest BCUT2D eigenvalue weighted by Crippen LogP contribution is -2.38. The summed E-state index contributed by atoms with van der Waals surface area (Å²) in [5, 5.41) is 3.08. The Morgan fingerprint density at radius 3 is 2.23 bits per heavy atom. The fourth-order valence-electron chi connectivity index (χ4n) is 3.72. The number of hydrogen-bond donors (Lipinski definition) is 1. The Hall–Kier alpha value is -2.93. The zero-order valence-corrected chi connectivity index (χ0v) is 19.4. The van der Waals surface area contributed by atoms with Crippen molar-refractivity contribution < 1.29 is 23.7 Å². The van der Waals surface area contributed by atoms with Crippen LogP contribution in [0.1, 0.15) is 31.0 Å². The lowest BCUT2D eigenvalue weighted by Gasteiger charge is -2.30. The molecule has 1 amide bonds. The van der Waals surface area contributed by atoms with Crippen LogP contribution in [0.2, 0.25) is 0 Å². The number of ether oxygens (including phenoxy) is 4. The van der Waals surface area contributed by atoms with Gasteiger partial charge in [0.05, 0.1) is 40.9 Å². The number of nitrogens with zero attached hydrogens (tertiary/aromatic N) is 1. The van der Waals surface area contributed by atoms with Crippen molar-refractivity contribution in [1.29, 1.82) is 0 Å². The molecule has 0 aromatic heterocycles. The minimum atomic E-state index is -0.0921. The van der Waals surface area contributed by atoms with Crippen molar-refractivity contribution in [2.45, 2.75) is 26.3 Å². The third-order valence-electron chi connectivity index (χ3n) is 5.36. The van der Waals surface area contributed by atoms with Gasteiger partial charge < -0.3 is 24.3 Å². The van der Waals surface area contributed by atoms with Crippen LogP contribution in [-0.4, -0.2) is 58.9 Å². The minimum Gasteiger partial charge on any atom is -0.497 e. The van der Waals surface area contributed by atoms with Crippen molar-refractivity contribution in [3.8, 4) is 23.0 Å². The van der Waals surface area contributed by atoms with Gasteiger partial charge in [0.25, 0.3) is 0 Å². The van der Waals surface area contributed by atoms with E-state index < -0.39 is 0 Å². The van der Waals surface area contributed by atoms with Crippen LogP contribution in [0.5, 0.6) is 23.0 Å². The molecule has 7 heteroatoms. The van der Waals surface area contributed by atoms with Crippen LogP contribution in [0.15, 0.2) is 36.4 Å². The zero-order chi connectivity index (χ0) is 22.8. The average Bonchev–Trinajstić information content (AvgIpc) is 2.81. The second-order valence-corrected chi connectivity index (χ2v) is 6.99. The molecule has 1 N–H and O–H groups in total. The lowest BCUT2D eigenvalue weighted by atomic mass is 10.0. The molecule has 0 aliphatic rings. The summed E-state index contributed by atoms with van der Waals surface area (Å²) in [5.74, 6) is 2.25. The topological polar surface area (TPSA) is 69.3 Å². The summed E-state index contributed by atoms with van der Waals surface area (Å²) in [5.41, 5.74) is 1.84. The van der Waals surface area contributed by atoms with Gasteiger partial charge >= 0.3 is 0 Å². The normalized spacial score (nSPS) is 11.7. The van der Waals surface area contributed by atoms with Crippen LogP contribution in [0.4, 0.5) is 0 Å². The molecule has 0 heterocycles. The molecule has 0 radical (unpaired) electrons. The molecule has 1 atom stereocenters. The second-order valence-electron chi connectivity index (χ2n) is 6.99. The Balaban J connectivity index is 2.18. The predicted molar refractivity (Wildman–Crippen MR) is 121 cm³/mol. The van der Waals surface area contributed by atoms with E-state index in [4.69, 9.17) is 18.9 Å². The molecule has 2 aromatic carbocycles. The molecule has 0 bridgehead atoms. The second kappa shape index (κ2) is 12.1. The van der Waals surface area contributed by atoms with Gasteiger partial charge in [-0.2, -0.15) is 0 Å². The summed E-state index contributed by atoms with van der Waals surface area (Å²) in [6.45, 7) is 6.47. The van der Waals surface area contributed by atoms with Gasteiger partial charge in [-0.3, -0.25) is 9.69 Å². The van der Waals surface area contributed by atoms with Crippen LogP contribution in [0.25, 0.3) is 0 Å². The highest BCUT2D eigenvalue weighted by Gasteiger charge is 2.21. The monoisotopic (exact) mass is 430 g/mol. The van der Waals surface area contributed by atoms with Crippen LogP contribution in [-0.2, 0) is 11.2 Å². The molecular formula is C24H34N2O5. The van der Waals surface area contributed by atoms with E-state index in [1.54, 1.807) is 34.5 Å². The largest absolute Gasteiger partial charge is 0.497 e. The van der Waals surface area contributed by atoms with Crippen LogP contribution in [0.3, 0.4) is 0 Å². The first-order chi connectivity index (χ1) is 15.0. The third-order valence-corrected chi connectivity index (χ3v) is 5.36. The summed E-state index contributed by atoms with van der Waals surface area (Å²) in [6, 6.07) is 11.6. The molecule has 0 saturated carbocycles. The van der Waals surface area contributed by atoms with Crippen molar-refractivity contribution in [2.24, 2.45) is 0 Å². The third kappa shape index (κ3) is 6.04. The number of rotatable bonds is 12. The number of amides is 1. The number of carbonyl (C=O) groups excluding carboxylic acids is 1. The molecule has 0 saturated heterocycles.